The molecule has 1 heterocycles. The summed E-state index contributed by atoms with van der Waals surface area (Å²) < 4.78 is 0. The van der Waals surface area contributed by atoms with E-state index in [2.05, 4.69) is 29.2 Å². The Kier molecular flexibility index (Phi) is 6.09. The molecule has 3 rings (SSSR count). The molecule has 6 heteroatoms. The maximum Gasteiger partial charge on any atom is 0.271 e. The molecule has 0 saturated heterocycles. The highest BCUT2D eigenvalue weighted by atomic mass is 16.2. The molecule has 1 aliphatic rings. The van der Waals surface area contributed by atoms with Gasteiger partial charge in [-0.25, -0.2) is 5.01 Å². The summed E-state index contributed by atoms with van der Waals surface area (Å²) in [6, 6.07) is 15.3. The molecule has 0 unspecified atom stereocenters. The number of aryl methyl sites for hydroxylation is 1. The molecule has 0 aromatic heterocycles. The minimum atomic E-state index is -0.276. The lowest BCUT2D eigenvalue weighted by molar-refractivity contribution is -0.118. The molecule has 0 fully saturated rings. The molecule has 0 bridgehead atoms. The molecule has 0 radical (unpaired) electrons. The Balaban J connectivity index is 1.76. The molecule has 2 aromatic rings. The average molecular weight is 378 g/mol. The molecule has 0 atom stereocenters. The molecular weight excluding hydrogens is 352 g/mol. The van der Waals surface area contributed by atoms with Crippen LogP contribution in [0, 0.1) is 6.92 Å². The lowest BCUT2D eigenvalue weighted by atomic mass is 10.1. The highest BCUT2D eigenvalue weighted by Crippen LogP contribution is 2.24. The summed E-state index contributed by atoms with van der Waals surface area (Å²) in [7, 11) is 0. The first-order valence-electron chi connectivity index (χ1n) is 9.66. The zero-order valence-corrected chi connectivity index (χ0v) is 16.6. The van der Waals surface area contributed by atoms with Gasteiger partial charge in [0.1, 0.15) is 5.71 Å². The van der Waals surface area contributed by atoms with Crippen LogP contribution in [-0.2, 0) is 9.59 Å². The van der Waals surface area contributed by atoms with Gasteiger partial charge in [0.05, 0.1) is 5.69 Å². The maximum absolute atomic E-state index is 12.7. The molecule has 0 spiro atoms. The van der Waals surface area contributed by atoms with Crippen LogP contribution in [0.25, 0.3) is 0 Å². The van der Waals surface area contributed by atoms with E-state index in [0.29, 0.717) is 23.5 Å². The largest absolute Gasteiger partial charge is 0.372 e. The average Bonchev–Trinajstić information content (AvgIpc) is 2.71. The fourth-order valence-corrected chi connectivity index (χ4v) is 3.25. The van der Waals surface area contributed by atoms with Gasteiger partial charge >= 0.3 is 0 Å². The molecule has 2 aromatic carbocycles. The summed E-state index contributed by atoms with van der Waals surface area (Å²) in [5.41, 5.74) is 3.84. The molecule has 1 N–H and O–H groups in total. The minimum absolute atomic E-state index is 0.102. The number of nitrogens with one attached hydrogen (secondary N) is 1. The second-order valence-electron chi connectivity index (χ2n) is 6.71. The Morgan fingerprint density at radius 2 is 1.75 bits per heavy atom. The van der Waals surface area contributed by atoms with Crippen molar-refractivity contribution in [3.8, 4) is 0 Å². The number of benzene rings is 2. The monoisotopic (exact) mass is 378 g/mol. The number of hydrogen-bond acceptors (Lipinski definition) is 4. The number of rotatable bonds is 6. The Morgan fingerprint density at radius 3 is 2.39 bits per heavy atom. The molecule has 0 saturated carbocycles. The summed E-state index contributed by atoms with van der Waals surface area (Å²) in [4.78, 5) is 27.2. The maximum atomic E-state index is 12.7. The van der Waals surface area contributed by atoms with Gasteiger partial charge in [0, 0.05) is 37.3 Å². The Labute approximate surface area is 165 Å². The summed E-state index contributed by atoms with van der Waals surface area (Å²) in [5, 5.41) is 8.58. The fourth-order valence-electron chi connectivity index (χ4n) is 3.25. The summed E-state index contributed by atoms with van der Waals surface area (Å²) in [6.07, 6.45) is 0.603. The molecule has 146 valence electrons. The molecule has 6 nitrogen and oxygen atoms in total. The molecule has 2 amide bonds. The van der Waals surface area contributed by atoms with Gasteiger partial charge in [-0.05, 0) is 56.7 Å². The van der Waals surface area contributed by atoms with Crippen molar-refractivity contribution in [3.63, 3.8) is 0 Å². The van der Waals surface area contributed by atoms with E-state index in [4.69, 9.17) is 0 Å². The van der Waals surface area contributed by atoms with Gasteiger partial charge in [-0.2, -0.15) is 5.10 Å². The number of hydrazone groups is 1. The third-order valence-electron chi connectivity index (χ3n) is 4.89. The van der Waals surface area contributed by atoms with Crippen molar-refractivity contribution in [2.75, 3.05) is 28.3 Å². The van der Waals surface area contributed by atoms with Gasteiger partial charge in [0.15, 0.2) is 0 Å². The van der Waals surface area contributed by atoms with Crippen LogP contribution in [0.4, 0.5) is 17.1 Å². The zero-order chi connectivity index (χ0) is 20.1. The van der Waals surface area contributed by atoms with Gasteiger partial charge < -0.3 is 10.2 Å². The first-order chi connectivity index (χ1) is 13.5. The van der Waals surface area contributed by atoms with Gasteiger partial charge in [0.2, 0.25) is 5.91 Å². The molecule has 0 aliphatic carbocycles. The Bertz CT molecular complexity index is 886. The predicted octanol–water partition coefficient (Wildman–Crippen LogP) is 3.96. The number of hydrogen-bond donors (Lipinski definition) is 1. The van der Waals surface area contributed by atoms with E-state index < -0.39 is 0 Å². The number of amides is 2. The van der Waals surface area contributed by atoms with Crippen LogP contribution >= 0.6 is 0 Å². The van der Waals surface area contributed by atoms with Gasteiger partial charge in [0.25, 0.3) is 5.91 Å². The van der Waals surface area contributed by atoms with Crippen LogP contribution in [0.15, 0.2) is 53.6 Å². The SMILES string of the molecule is CCN(CC)c1ccc(NC(=O)C2=NN(c3ccccc3C)C(=O)CC2)cc1. The van der Waals surface area contributed by atoms with E-state index in [-0.39, 0.29) is 18.2 Å². The van der Waals surface area contributed by atoms with Gasteiger partial charge in [-0.15, -0.1) is 0 Å². The molecular formula is C22H26N4O2. The fraction of sp³-hybridized carbons (Fsp3) is 0.318. The second kappa shape index (κ2) is 8.69. The highest BCUT2D eigenvalue weighted by Gasteiger charge is 2.26. The van der Waals surface area contributed by atoms with Crippen molar-refractivity contribution in [1.82, 2.24) is 0 Å². The van der Waals surface area contributed by atoms with E-state index >= 15 is 0 Å². The van der Waals surface area contributed by atoms with Crippen LogP contribution in [-0.4, -0.2) is 30.6 Å². The lowest BCUT2D eigenvalue weighted by Gasteiger charge is -2.24. The highest BCUT2D eigenvalue weighted by molar-refractivity contribution is 6.44. The van der Waals surface area contributed by atoms with Crippen LogP contribution in [0.2, 0.25) is 0 Å². The normalized spacial score (nSPS) is 13.9. The standard InChI is InChI=1S/C22H26N4O2/c1-4-25(5-2)18-12-10-17(11-13-18)23-22(28)19-14-15-21(27)26(24-19)20-9-7-6-8-16(20)3/h6-13H,4-5,14-15H2,1-3H3,(H,23,28). The number of para-hydroxylation sites is 1. The molecule has 1 aliphatic heterocycles. The third-order valence-corrected chi connectivity index (χ3v) is 4.89. The van der Waals surface area contributed by atoms with E-state index in [9.17, 15) is 9.59 Å². The quantitative estimate of drug-likeness (QED) is 0.827. The summed E-state index contributed by atoms with van der Waals surface area (Å²) in [6.45, 7) is 8.01. The van der Waals surface area contributed by atoms with E-state index in [1.807, 2.05) is 55.5 Å². The molecule has 28 heavy (non-hydrogen) atoms. The van der Waals surface area contributed by atoms with Gasteiger partial charge in [-0.1, -0.05) is 18.2 Å². The number of carbonyl (C=O) groups excluding carboxylic acids is 2. The van der Waals surface area contributed by atoms with E-state index in [0.717, 1.165) is 24.3 Å². The van der Waals surface area contributed by atoms with Crippen molar-refractivity contribution in [3.05, 3.63) is 54.1 Å². The Morgan fingerprint density at radius 1 is 1.07 bits per heavy atom. The van der Waals surface area contributed by atoms with Crippen molar-refractivity contribution in [2.45, 2.75) is 33.6 Å². The van der Waals surface area contributed by atoms with Crippen LogP contribution in [0.5, 0.6) is 0 Å². The summed E-state index contributed by atoms with van der Waals surface area (Å²) >= 11 is 0. The first-order valence-corrected chi connectivity index (χ1v) is 9.66. The van der Waals surface area contributed by atoms with Crippen LogP contribution < -0.4 is 15.2 Å². The van der Waals surface area contributed by atoms with Gasteiger partial charge in [-0.3, -0.25) is 9.59 Å². The van der Waals surface area contributed by atoms with Crippen LogP contribution in [0.3, 0.4) is 0 Å². The number of carbonyl (C=O) groups is 2. The van der Waals surface area contributed by atoms with Crippen molar-refractivity contribution in [2.24, 2.45) is 5.10 Å². The van der Waals surface area contributed by atoms with Crippen molar-refractivity contribution < 1.29 is 9.59 Å². The summed E-state index contributed by atoms with van der Waals surface area (Å²) in [5.74, 6) is -0.379. The number of anilines is 3. The second-order valence-corrected chi connectivity index (χ2v) is 6.71. The predicted molar refractivity (Wildman–Crippen MR) is 114 cm³/mol. The first kappa shape index (κ1) is 19.6. The smallest absolute Gasteiger partial charge is 0.271 e. The van der Waals surface area contributed by atoms with Crippen molar-refractivity contribution >= 4 is 34.6 Å². The van der Waals surface area contributed by atoms with E-state index in [1.54, 1.807) is 0 Å². The lowest BCUT2D eigenvalue weighted by Crippen LogP contribution is -2.36. The topological polar surface area (TPSA) is 65.0 Å². The third kappa shape index (κ3) is 4.22. The zero-order valence-electron chi connectivity index (χ0n) is 16.6. The Hall–Kier alpha value is -3.15. The van der Waals surface area contributed by atoms with Crippen LogP contribution in [0.1, 0.15) is 32.3 Å². The minimum Gasteiger partial charge on any atom is -0.372 e. The van der Waals surface area contributed by atoms with E-state index in [1.165, 1.54) is 5.01 Å². The number of nitrogens with zero attached hydrogens (tertiary/aromatic N) is 3. The van der Waals surface area contributed by atoms with Crippen molar-refractivity contribution in [1.29, 1.82) is 0 Å².